The van der Waals surface area contributed by atoms with E-state index < -0.39 is 9.84 Å². The Labute approximate surface area is 108 Å². The van der Waals surface area contributed by atoms with Crippen molar-refractivity contribution in [2.75, 3.05) is 11.5 Å². The van der Waals surface area contributed by atoms with Crippen molar-refractivity contribution in [2.24, 2.45) is 0 Å². The average Bonchev–Trinajstić information content (AvgIpc) is 2.60. The summed E-state index contributed by atoms with van der Waals surface area (Å²) in [6.07, 6.45) is 0.634. The Bertz CT molecular complexity index is 518. The predicted molar refractivity (Wildman–Crippen MR) is 68.0 cm³/mol. The molecule has 1 atom stereocenters. The molecule has 3 nitrogen and oxygen atoms in total. The van der Waals surface area contributed by atoms with Crippen LogP contribution in [0, 0.1) is 5.82 Å². The molecule has 2 rings (SSSR count). The van der Waals surface area contributed by atoms with Gasteiger partial charge in [-0.15, -0.1) is 0 Å². The summed E-state index contributed by atoms with van der Waals surface area (Å²) in [7, 11) is -2.87. The zero-order chi connectivity index (χ0) is 12.5. The molecular weight excluding hydrogens is 309 g/mol. The largest absolute Gasteiger partial charge is 0.309 e. The molecule has 1 aromatic carbocycles. The first-order valence-corrected chi connectivity index (χ1v) is 7.95. The van der Waals surface area contributed by atoms with E-state index in [2.05, 4.69) is 21.2 Å². The highest BCUT2D eigenvalue weighted by atomic mass is 79.9. The van der Waals surface area contributed by atoms with Gasteiger partial charge < -0.3 is 5.32 Å². The van der Waals surface area contributed by atoms with Crippen LogP contribution in [0.15, 0.2) is 22.7 Å². The van der Waals surface area contributed by atoms with Crippen LogP contribution in [0.25, 0.3) is 0 Å². The van der Waals surface area contributed by atoms with E-state index in [0.29, 0.717) is 13.0 Å². The van der Waals surface area contributed by atoms with E-state index in [1.165, 1.54) is 12.1 Å². The lowest BCUT2D eigenvalue weighted by molar-refractivity contribution is 0.550. The fourth-order valence-corrected chi connectivity index (χ4v) is 3.98. The highest BCUT2D eigenvalue weighted by Crippen LogP contribution is 2.19. The van der Waals surface area contributed by atoms with Crippen LogP contribution in [0.4, 0.5) is 4.39 Å². The summed E-state index contributed by atoms with van der Waals surface area (Å²) in [5, 5.41) is 3.15. The molecule has 1 fully saturated rings. The number of rotatable bonds is 3. The second-order valence-corrected chi connectivity index (χ2v) is 7.30. The van der Waals surface area contributed by atoms with Crippen molar-refractivity contribution >= 4 is 25.8 Å². The Morgan fingerprint density at radius 1 is 1.47 bits per heavy atom. The van der Waals surface area contributed by atoms with Crippen LogP contribution in [-0.2, 0) is 16.4 Å². The van der Waals surface area contributed by atoms with Gasteiger partial charge in [-0.2, -0.15) is 0 Å². The Hall–Kier alpha value is -0.460. The van der Waals surface area contributed by atoms with Crippen LogP contribution in [0.3, 0.4) is 0 Å². The maximum atomic E-state index is 13.0. The molecule has 0 saturated carbocycles. The van der Waals surface area contributed by atoms with Gasteiger partial charge in [0.15, 0.2) is 9.84 Å². The highest BCUT2D eigenvalue weighted by Gasteiger charge is 2.27. The molecular formula is C11H13BrFNO2S. The summed E-state index contributed by atoms with van der Waals surface area (Å²) in [5.41, 5.74) is 0.800. The van der Waals surface area contributed by atoms with Crippen molar-refractivity contribution < 1.29 is 12.8 Å². The van der Waals surface area contributed by atoms with E-state index in [1.54, 1.807) is 6.07 Å². The topological polar surface area (TPSA) is 46.2 Å². The van der Waals surface area contributed by atoms with E-state index in [-0.39, 0.29) is 23.4 Å². The lowest BCUT2D eigenvalue weighted by Crippen LogP contribution is -2.29. The standard InChI is InChI=1S/C11H13BrFNO2S/c12-11-2-1-9(13)5-8(11)6-14-10-3-4-17(15,16)7-10/h1-2,5,10,14H,3-4,6-7H2/t10-/m1/s1. The predicted octanol–water partition coefficient (Wildman–Crippen LogP) is 1.86. The summed E-state index contributed by atoms with van der Waals surface area (Å²) in [4.78, 5) is 0. The van der Waals surface area contributed by atoms with Gasteiger partial charge in [0.25, 0.3) is 0 Å². The minimum Gasteiger partial charge on any atom is -0.309 e. The first-order chi connectivity index (χ1) is 7.96. The zero-order valence-electron chi connectivity index (χ0n) is 9.12. The molecule has 1 aromatic rings. The van der Waals surface area contributed by atoms with Crippen molar-refractivity contribution in [3.05, 3.63) is 34.1 Å². The summed E-state index contributed by atoms with van der Waals surface area (Å²) < 4.78 is 36.4. The van der Waals surface area contributed by atoms with Crippen LogP contribution in [-0.4, -0.2) is 26.0 Å². The summed E-state index contributed by atoms with van der Waals surface area (Å²) in [6, 6.07) is 4.46. The van der Waals surface area contributed by atoms with Crippen LogP contribution in [0.2, 0.25) is 0 Å². The molecule has 0 amide bonds. The van der Waals surface area contributed by atoms with Gasteiger partial charge >= 0.3 is 0 Å². The minimum absolute atomic E-state index is 0.0184. The van der Waals surface area contributed by atoms with Gasteiger partial charge in [-0.3, -0.25) is 0 Å². The fourth-order valence-electron chi connectivity index (χ4n) is 1.89. The number of halogens is 2. The van der Waals surface area contributed by atoms with Gasteiger partial charge in [-0.05, 0) is 30.2 Å². The molecule has 0 unspecified atom stereocenters. The molecule has 1 aliphatic rings. The first-order valence-electron chi connectivity index (χ1n) is 5.34. The van der Waals surface area contributed by atoms with Gasteiger partial charge in [0.05, 0.1) is 11.5 Å². The molecule has 17 heavy (non-hydrogen) atoms. The lowest BCUT2D eigenvalue weighted by atomic mass is 10.2. The van der Waals surface area contributed by atoms with Crippen LogP contribution >= 0.6 is 15.9 Å². The number of benzene rings is 1. The monoisotopic (exact) mass is 321 g/mol. The van der Waals surface area contributed by atoms with Gasteiger partial charge in [0.2, 0.25) is 0 Å². The summed E-state index contributed by atoms with van der Waals surface area (Å²) >= 11 is 3.34. The fraction of sp³-hybridized carbons (Fsp3) is 0.455. The Kier molecular flexibility index (Phi) is 3.85. The molecule has 0 spiro atoms. The maximum absolute atomic E-state index is 13.0. The zero-order valence-corrected chi connectivity index (χ0v) is 11.5. The van der Waals surface area contributed by atoms with Crippen molar-refractivity contribution in [3.8, 4) is 0 Å². The minimum atomic E-state index is -2.87. The van der Waals surface area contributed by atoms with Crippen LogP contribution in [0.1, 0.15) is 12.0 Å². The van der Waals surface area contributed by atoms with E-state index >= 15 is 0 Å². The highest BCUT2D eigenvalue weighted by molar-refractivity contribution is 9.10. The molecule has 1 aliphatic heterocycles. The Balaban J connectivity index is 1.97. The third kappa shape index (κ3) is 3.50. The average molecular weight is 322 g/mol. The second kappa shape index (κ2) is 5.04. The third-order valence-electron chi connectivity index (χ3n) is 2.82. The number of hydrogen-bond acceptors (Lipinski definition) is 3. The molecule has 0 bridgehead atoms. The Morgan fingerprint density at radius 3 is 2.88 bits per heavy atom. The Morgan fingerprint density at radius 2 is 2.24 bits per heavy atom. The number of nitrogens with one attached hydrogen (secondary N) is 1. The second-order valence-electron chi connectivity index (χ2n) is 4.22. The number of sulfone groups is 1. The third-order valence-corrected chi connectivity index (χ3v) is 5.36. The maximum Gasteiger partial charge on any atom is 0.151 e. The smallest absolute Gasteiger partial charge is 0.151 e. The van der Waals surface area contributed by atoms with Gasteiger partial charge in [0, 0.05) is 17.1 Å². The van der Waals surface area contributed by atoms with E-state index in [9.17, 15) is 12.8 Å². The SMILES string of the molecule is O=S1(=O)CC[C@@H](NCc2cc(F)ccc2Br)C1. The normalized spacial score (nSPS) is 22.8. The van der Waals surface area contributed by atoms with Crippen molar-refractivity contribution in [1.29, 1.82) is 0 Å². The van der Waals surface area contributed by atoms with E-state index in [0.717, 1.165) is 10.0 Å². The van der Waals surface area contributed by atoms with Gasteiger partial charge in [0.1, 0.15) is 5.82 Å². The molecule has 6 heteroatoms. The van der Waals surface area contributed by atoms with Crippen molar-refractivity contribution in [2.45, 2.75) is 19.0 Å². The summed E-state index contributed by atoms with van der Waals surface area (Å²) in [5.74, 6) is 0.138. The number of hydrogen-bond donors (Lipinski definition) is 1. The van der Waals surface area contributed by atoms with E-state index in [4.69, 9.17) is 0 Å². The van der Waals surface area contributed by atoms with Gasteiger partial charge in [-0.25, -0.2) is 12.8 Å². The molecule has 1 N–H and O–H groups in total. The molecule has 1 heterocycles. The molecule has 0 radical (unpaired) electrons. The lowest BCUT2D eigenvalue weighted by Gasteiger charge is -2.11. The van der Waals surface area contributed by atoms with E-state index in [1.807, 2.05) is 0 Å². The van der Waals surface area contributed by atoms with Crippen LogP contribution in [0.5, 0.6) is 0 Å². The molecule has 94 valence electrons. The van der Waals surface area contributed by atoms with Crippen molar-refractivity contribution in [1.82, 2.24) is 5.32 Å². The summed E-state index contributed by atoms with van der Waals surface area (Å²) in [6.45, 7) is 0.471. The first kappa shape index (κ1) is 13.0. The van der Waals surface area contributed by atoms with Crippen LogP contribution < -0.4 is 5.32 Å². The quantitative estimate of drug-likeness (QED) is 0.924. The molecule has 1 saturated heterocycles. The molecule has 0 aromatic heterocycles. The molecule has 0 aliphatic carbocycles. The van der Waals surface area contributed by atoms with Crippen molar-refractivity contribution in [3.63, 3.8) is 0 Å². The van der Waals surface area contributed by atoms with Gasteiger partial charge in [-0.1, -0.05) is 15.9 Å².